The zero-order valence-corrected chi connectivity index (χ0v) is 18.5. The van der Waals surface area contributed by atoms with E-state index in [2.05, 4.69) is 15.6 Å². The van der Waals surface area contributed by atoms with Gasteiger partial charge in [-0.15, -0.1) is 0 Å². The maximum Gasteiger partial charge on any atom is 0.410 e. The first-order valence-corrected chi connectivity index (χ1v) is 10.7. The lowest BCUT2D eigenvalue weighted by molar-refractivity contribution is -0.143. The van der Waals surface area contributed by atoms with Crippen molar-refractivity contribution in [1.29, 1.82) is 0 Å². The van der Waals surface area contributed by atoms with Gasteiger partial charge in [-0.05, 0) is 52.4 Å². The second kappa shape index (κ2) is 10.5. The van der Waals surface area contributed by atoms with Crippen molar-refractivity contribution in [3.8, 4) is 0 Å². The number of guanidine groups is 1. The average Bonchev–Trinajstić information content (AvgIpc) is 3.04. The molecule has 2 saturated heterocycles. The van der Waals surface area contributed by atoms with E-state index in [0.29, 0.717) is 44.5 Å². The SMILES string of the molecule is CN=C(NCCC1CCCN(C(=O)OC(C)(C)C)C1)NC1CCN(CC(F)(F)F)C1. The minimum Gasteiger partial charge on any atom is -0.444 e. The van der Waals surface area contributed by atoms with Crippen LogP contribution in [0.4, 0.5) is 18.0 Å². The summed E-state index contributed by atoms with van der Waals surface area (Å²) in [7, 11) is 1.66. The van der Waals surface area contributed by atoms with Gasteiger partial charge in [0.05, 0.1) is 6.54 Å². The van der Waals surface area contributed by atoms with Gasteiger partial charge >= 0.3 is 12.3 Å². The van der Waals surface area contributed by atoms with Crippen molar-refractivity contribution in [2.75, 3.05) is 46.3 Å². The average molecular weight is 436 g/mol. The number of carbonyl (C=O) groups excluding carboxylic acids is 1. The van der Waals surface area contributed by atoms with Gasteiger partial charge in [0.2, 0.25) is 0 Å². The van der Waals surface area contributed by atoms with Crippen molar-refractivity contribution in [3.63, 3.8) is 0 Å². The lowest BCUT2D eigenvalue weighted by atomic mass is 9.95. The van der Waals surface area contributed by atoms with Gasteiger partial charge in [0.25, 0.3) is 0 Å². The molecule has 0 bridgehead atoms. The van der Waals surface area contributed by atoms with Crippen LogP contribution in [0.25, 0.3) is 0 Å². The van der Waals surface area contributed by atoms with Gasteiger partial charge in [-0.25, -0.2) is 4.79 Å². The molecule has 2 rings (SSSR count). The summed E-state index contributed by atoms with van der Waals surface area (Å²) in [5.41, 5.74) is -0.500. The van der Waals surface area contributed by atoms with Crippen LogP contribution in [0.15, 0.2) is 4.99 Å². The summed E-state index contributed by atoms with van der Waals surface area (Å²) in [6.45, 7) is 7.59. The minimum atomic E-state index is -4.16. The van der Waals surface area contributed by atoms with E-state index in [9.17, 15) is 18.0 Å². The van der Waals surface area contributed by atoms with Crippen LogP contribution in [-0.4, -0.2) is 86.0 Å². The summed E-state index contributed by atoms with van der Waals surface area (Å²) in [6.07, 6.45) is -0.880. The number of hydrogen-bond acceptors (Lipinski definition) is 4. The number of alkyl halides is 3. The number of nitrogens with zero attached hydrogens (tertiary/aromatic N) is 3. The number of amides is 1. The Morgan fingerprint density at radius 3 is 2.53 bits per heavy atom. The smallest absolute Gasteiger partial charge is 0.410 e. The fourth-order valence-electron chi connectivity index (χ4n) is 3.92. The number of piperidine rings is 1. The Hall–Kier alpha value is -1.71. The molecule has 0 saturated carbocycles. The number of rotatable bonds is 5. The molecule has 2 unspecified atom stereocenters. The zero-order valence-electron chi connectivity index (χ0n) is 18.5. The summed E-state index contributed by atoms with van der Waals surface area (Å²) in [6, 6.07) is -0.0455. The molecule has 2 atom stereocenters. The van der Waals surface area contributed by atoms with Gasteiger partial charge in [-0.3, -0.25) is 9.89 Å². The maximum absolute atomic E-state index is 12.5. The van der Waals surface area contributed by atoms with E-state index >= 15 is 0 Å². The molecule has 2 aliphatic heterocycles. The molecule has 0 aromatic rings. The maximum atomic E-state index is 12.5. The van der Waals surface area contributed by atoms with Crippen molar-refractivity contribution in [3.05, 3.63) is 0 Å². The molecule has 0 spiro atoms. The largest absolute Gasteiger partial charge is 0.444 e. The molecule has 2 heterocycles. The molecule has 7 nitrogen and oxygen atoms in total. The Balaban J connectivity index is 1.70. The van der Waals surface area contributed by atoms with E-state index in [1.54, 1.807) is 11.9 Å². The van der Waals surface area contributed by atoms with Crippen LogP contribution in [0.1, 0.15) is 46.5 Å². The molecule has 0 aromatic heterocycles. The quantitative estimate of drug-likeness (QED) is 0.513. The Kier molecular flexibility index (Phi) is 8.63. The Morgan fingerprint density at radius 2 is 1.90 bits per heavy atom. The summed E-state index contributed by atoms with van der Waals surface area (Å²) >= 11 is 0. The van der Waals surface area contributed by atoms with E-state index in [1.165, 1.54) is 4.90 Å². The molecule has 174 valence electrons. The number of carbonyl (C=O) groups is 1. The van der Waals surface area contributed by atoms with E-state index < -0.39 is 18.3 Å². The molecule has 0 aliphatic carbocycles. The van der Waals surface area contributed by atoms with E-state index in [-0.39, 0.29) is 12.1 Å². The number of hydrogen-bond donors (Lipinski definition) is 2. The van der Waals surface area contributed by atoms with Gasteiger partial charge in [0.1, 0.15) is 5.60 Å². The number of halogens is 3. The van der Waals surface area contributed by atoms with Gasteiger partial charge in [0, 0.05) is 45.8 Å². The van der Waals surface area contributed by atoms with Crippen molar-refractivity contribution in [2.24, 2.45) is 10.9 Å². The Morgan fingerprint density at radius 1 is 1.17 bits per heavy atom. The first-order chi connectivity index (χ1) is 13.9. The molecular weight excluding hydrogens is 399 g/mol. The van der Waals surface area contributed by atoms with Crippen molar-refractivity contribution >= 4 is 12.1 Å². The summed E-state index contributed by atoms with van der Waals surface area (Å²) < 4.78 is 43.1. The van der Waals surface area contributed by atoms with Crippen molar-refractivity contribution < 1.29 is 22.7 Å². The second-order valence-corrected chi connectivity index (χ2v) is 9.20. The zero-order chi connectivity index (χ0) is 22.4. The van der Waals surface area contributed by atoms with E-state index in [4.69, 9.17) is 4.74 Å². The minimum absolute atomic E-state index is 0.0455. The molecule has 10 heteroatoms. The molecular formula is C20H36F3N5O2. The molecule has 1 amide bonds. The van der Waals surface area contributed by atoms with Gasteiger partial charge < -0.3 is 20.3 Å². The second-order valence-electron chi connectivity index (χ2n) is 9.20. The van der Waals surface area contributed by atoms with Crippen LogP contribution in [0.3, 0.4) is 0 Å². The predicted molar refractivity (Wildman–Crippen MR) is 111 cm³/mol. The highest BCUT2D eigenvalue weighted by Crippen LogP contribution is 2.22. The standard InChI is InChI=1S/C20H36F3N5O2/c1-19(2,3)30-18(29)28-10-5-6-15(12-28)7-9-25-17(24-4)26-16-8-11-27(13-16)14-20(21,22)23/h15-16H,5-14H2,1-4H3,(H2,24,25,26). The first kappa shape index (κ1) is 24.6. The van der Waals surface area contributed by atoms with Crippen LogP contribution < -0.4 is 10.6 Å². The van der Waals surface area contributed by atoms with Crippen molar-refractivity contribution in [1.82, 2.24) is 20.4 Å². The summed E-state index contributed by atoms with van der Waals surface area (Å²) in [5, 5.41) is 6.47. The third kappa shape index (κ3) is 8.97. The van der Waals surface area contributed by atoms with Gasteiger partial charge in [-0.1, -0.05) is 0 Å². The molecule has 2 N–H and O–H groups in total. The lowest BCUT2D eigenvalue weighted by Gasteiger charge is -2.34. The fourth-order valence-corrected chi connectivity index (χ4v) is 3.92. The molecule has 2 aliphatic rings. The molecule has 30 heavy (non-hydrogen) atoms. The van der Waals surface area contributed by atoms with Crippen molar-refractivity contribution in [2.45, 2.75) is 64.3 Å². The number of likely N-dealkylation sites (tertiary alicyclic amines) is 2. The van der Waals surface area contributed by atoms with Crippen LogP contribution in [-0.2, 0) is 4.74 Å². The Bertz CT molecular complexity index is 592. The number of nitrogens with one attached hydrogen (secondary N) is 2. The van der Waals surface area contributed by atoms with Crippen LogP contribution >= 0.6 is 0 Å². The predicted octanol–water partition coefficient (Wildman–Crippen LogP) is 2.83. The lowest BCUT2D eigenvalue weighted by Crippen LogP contribution is -2.46. The van der Waals surface area contributed by atoms with Gasteiger partial charge in [0.15, 0.2) is 5.96 Å². The molecule has 0 aromatic carbocycles. The third-order valence-electron chi connectivity index (χ3n) is 5.26. The summed E-state index contributed by atoms with van der Waals surface area (Å²) in [5.74, 6) is 0.985. The molecule has 0 radical (unpaired) electrons. The topological polar surface area (TPSA) is 69.2 Å². The molecule has 2 fully saturated rings. The Labute approximate surface area is 177 Å². The normalized spacial score (nSPS) is 24.1. The van der Waals surface area contributed by atoms with Gasteiger partial charge in [-0.2, -0.15) is 13.2 Å². The van der Waals surface area contributed by atoms with E-state index in [1.807, 2.05) is 20.8 Å². The van der Waals surface area contributed by atoms with Crippen LogP contribution in [0.2, 0.25) is 0 Å². The summed E-state index contributed by atoms with van der Waals surface area (Å²) in [4.78, 5) is 19.7. The highest BCUT2D eigenvalue weighted by atomic mass is 19.4. The van der Waals surface area contributed by atoms with Crippen LogP contribution in [0, 0.1) is 5.92 Å². The third-order valence-corrected chi connectivity index (χ3v) is 5.26. The highest BCUT2D eigenvalue weighted by Gasteiger charge is 2.34. The highest BCUT2D eigenvalue weighted by molar-refractivity contribution is 5.80. The fraction of sp³-hybridized carbons (Fsp3) is 0.900. The number of ether oxygens (including phenoxy) is 1. The first-order valence-electron chi connectivity index (χ1n) is 10.7. The monoisotopic (exact) mass is 435 g/mol. The van der Waals surface area contributed by atoms with E-state index in [0.717, 1.165) is 25.8 Å². The van der Waals surface area contributed by atoms with Crippen LogP contribution in [0.5, 0.6) is 0 Å². The number of aliphatic imine (C=N–C) groups is 1.